The van der Waals surface area contributed by atoms with E-state index >= 15 is 0 Å². The lowest BCUT2D eigenvalue weighted by molar-refractivity contribution is 0.0954. The van der Waals surface area contributed by atoms with Gasteiger partial charge >= 0.3 is 0 Å². The molecule has 0 aliphatic rings. The summed E-state index contributed by atoms with van der Waals surface area (Å²) in [6, 6.07) is 14.9. The Labute approximate surface area is 151 Å². The Morgan fingerprint density at radius 2 is 2.08 bits per heavy atom. The number of carbonyl (C=O) groups excluding carboxylic acids is 1. The number of ether oxygens (including phenoxy) is 1. The van der Waals surface area contributed by atoms with Gasteiger partial charge in [-0.3, -0.25) is 4.79 Å². The summed E-state index contributed by atoms with van der Waals surface area (Å²) in [5.41, 5.74) is 2.48. The fourth-order valence-electron chi connectivity index (χ4n) is 2.43. The van der Waals surface area contributed by atoms with Crippen LogP contribution in [-0.2, 0) is 6.42 Å². The van der Waals surface area contributed by atoms with Crippen LogP contribution in [0.1, 0.15) is 15.9 Å². The predicted octanol–water partition coefficient (Wildman–Crippen LogP) is 2.25. The molecule has 6 heteroatoms. The molecule has 26 heavy (non-hydrogen) atoms. The highest BCUT2D eigenvalue weighted by Crippen LogP contribution is 2.12. The lowest BCUT2D eigenvalue weighted by Gasteiger charge is -2.08. The van der Waals surface area contributed by atoms with Crippen LogP contribution in [0.25, 0.3) is 5.69 Å². The van der Waals surface area contributed by atoms with Gasteiger partial charge in [-0.25, -0.2) is 9.67 Å². The number of nitrogens with one attached hydrogen (secondary N) is 1. The molecule has 1 amide bonds. The maximum Gasteiger partial charge on any atom is 0.251 e. The Morgan fingerprint density at radius 3 is 2.81 bits per heavy atom. The second-order valence-corrected chi connectivity index (χ2v) is 5.53. The van der Waals surface area contributed by atoms with Crippen LogP contribution in [-0.4, -0.2) is 33.8 Å². The van der Waals surface area contributed by atoms with Crippen LogP contribution in [0.5, 0.6) is 5.75 Å². The number of hydrogen-bond donors (Lipinski definition) is 1. The number of aromatic nitrogens is 3. The van der Waals surface area contributed by atoms with Gasteiger partial charge in [0.2, 0.25) is 0 Å². The first-order valence-electron chi connectivity index (χ1n) is 8.15. The largest absolute Gasteiger partial charge is 0.481 e. The van der Waals surface area contributed by atoms with Crippen LogP contribution in [0.3, 0.4) is 0 Å². The zero-order valence-corrected chi connectivity index (χ0v) is 14.1. The van der Waals surface area contributed by atoms with Gasteiger partial charge in [-0.05, 0) is 42.3 Å². The molecule has 1 heterocycles. The third-order valence-electron chi connectivity index (χ3n) is 3.74. The summed E-state index contributed by atoms with van der Waals surface area (Å²) in [6.45, 7) is 0.792. The molecule has 0 fully saturated rings. The minimum Gasteiger partial charge on any atom is -0.481 e. The fraction of sp³-hybridized carbons (Fsp3) is 0.150. The molecule has 3 aromatic rings. The van der Waals surface area contributed by atoms with E-state index in [9.17, 15) is 4.79 Å². The first kappa shape index (κ1) is 17.2. The van der Waals surface area contributed by atoms with E-state index < -0.39 is 0 Å². The fourth-order valence-corrected chi connectivity index (χ4v) is 2.43. The zero-order valence-electron chi connectivity index (χ0n) is 14.1. The van der Waals surface area contributed by atoms with Crippen LogP contribution in [0.4, 0.5) is 0 Å². The average molecular weight is 346 g/mol. The molecule has 2 aromatic carbocycles. The van der Waals surface area contributed by atoms with Crippen molar-refractivity contribution in [2.75, 3.05) is 13.2 Å². The van der Waals surface area contributed by atoms with E-state index in [1.165, 1.54) is 6.33 Å². The minimum absolute atomic E-state index is 0.124. The highest BCUT2D eigenvalue weighted by molar-refractivity contribution is 5.94. The Bertz CT molecular complexity index is 896. The number of hydrogen-bond acceptors (Lipinski definition) is 4. The highest BCUT2D eigenvalue weighted by Gasteiger charge is 2.07. The van der Waals surface area contributed by atoms with Gasteiger partial charge in [0.25, 0.3) is 5.91 Å². The van der Waals surface area contributed by atoms with Gasteiger partial charge in [-0.2, -0.15) is 5.10 Å². The maximum absolute atomic E-state index is 12.3. The van der Waals surface area contributed by atoms with Crippen LogP contribution in [0.2, 0.25) is 0 Å². The van der Waals surface area contributed by atoms with Crippen molar-refractivity contribution in [1.29, 1.82) is 0 Å². The summed E-state index contributed by atoms with van der Waals surface area (Å²) in [6.07, 6.45) is 8.93. The van der Waals surface area contributed by atoms with Crippen LogP contribution in [0, 0.1) is 12.3 Å². The molecule has 3 rings (SSSR count). The van der Waals surface area contributed by atoms with Gasteiger partial charge in [0, 0.05) is 12.1 Å². The summed E-state index contributed by atoms with van der Waals surface area (Å²) < 4.78 is 6.95. The molecule has 6 nitrogen and oxygen atoms in total. The van der Waals surface area contributed by atoms with Crippen molar-refractivity contribution in [2.45, 2.75) is 6.42 Å². The third kappa shape index (κ3) is 4.48. The van der Waals surface area contributed by atoms with Crippen LogP contribution in [0.15, 0.2) is 61.2 Å². The van der Waals surface area contributed by atoms with Crippen molar-refractivity contribution in [2.24, 2.45) is 0 Å². The van der Waals surface area contributed by atoms with Crippen molar-refractivity contribution < 1.29 is 9.53 Å². The first-order valence-corrected chi connectivity index (χ1v) is 8.15. The highest BCUT2D eigenvalue weighted by atomic mass is 16.5. The molecule has 0 unspecified atom stereocenters. The molecule has 1 aromatic heterocycles. The average Bonchev–Trinajstić information content (AvgIpc) is 3.22. The molecule has 1 N–H and O–H groups in total. The van der Waals surface area contributed by atoms with Gasteiger partial charge in [-0.1, -0.05) is 24.1 Å². The molecule has 0 bridgehead atoms. The summed E-state index contributed by atoms with van der Waals surface area (Å²) in [7, 11) is 0. The van der Waals surface area contributed by atoms with Crippen molar-refractivity contribution in [3.05, 3.63) is 72.3 Å². The molecule has 0 aliphatic carbocycles. The molecular weight excluding hydrogens is 328 g/mol. The Balaban J connectivity index is 1.53. The van der Waals surface area contributed by atoms with E-state index in [0.29, 0.717) is 12.1 Å². The van der Waals surface area contributed by atoms with E-state index in [1.807, 2.05) is 36.4 Å². The summed E-state index contributed by atoms with van der Waals surface area (Å²) in [5.74, 6) is 3.04. The molecule has 130 valence electrons. The van der Waals surface area contributed by atoms with Crippen molar-refractivity contribution in [3.63, 3.8) is 0 Å². The predicted molar refractivity (Wildman–Crippen MR) is 98.2 cm³/mol. The summed E-state index contributed by atoms with van der Waals surface area (Å²) >= 11 is 0. The molecule has 0 atom stereocenters. The second kappa shape index (κ2) is 8.49. The van der Waals surface area contributed by atoms with Crippen LogP contribution >= 0.6 is 0 Å². The third-order valence-corrected chi connectivity index (χ3v) is 3.74. The van der Waals surface area contributed by atoms with Gasteiger partial charge in [0.05, 0.1) is 5.69 Å². The lowest BCUT2D eigenvalue weighted by Crippen LogP contribution is -2.25. The quantitative estimate of drug-likeness (QED) is 0.666. The number of amides is 1. The molecule has 0 saturated heterocycles. The minimum atomic E-state index is -0.124. The second-order valence-electron chi connectivity index (χ2n) is 5.53. The van der Waals surface area contributed by atoms with E-state index in [1.54, 1.807) is 23.1 Å². The lowest BCUT2D eigenvalue weighted by atomic mass is 10.1. The number of benzene rings is 2. The topological polar surface area (TPSA) is 69.0 Å². The Kier molecular flexibility index (Phi) is 5.63. The van der Waals surface area contributed by atoms with Gasteiger partial charge in [0.15, 0.2) is 0 Å². The summed E-state index contributed by atoms with van der Waals surface area (Å²) in [4.78, 5) is 16.2. The molecule has 0 aliphatic heterocycles. The summed E-state index contributed by atoms with van der Waals surface area (Å²) in [5, 5.41) is 6.99. The standard InChI is InChI=1S/C20H18N4O2/c1-2-12-26-19-8-6-16(7-9-19)10-11-22-20(25)17-4-3-5-18(13-17)24-15-21-14-23-24/h1,3-9,13-15H,10-12H2,(H,22,25). The Morgan fingerprint density at radius 1 is 1.23 bits per heavy atom. The SMILES string of the molecule is C#CCOc1ccc(CCNC(=O)c2cccc(-n3cncn3)c2)cc1. The smallest absolute Gasteiger partial charge is 0.251 e. The van der Waals surface area contributed by atoms with Crippen LogP contribution < -0.4 is 10.1 Å². The number of rotatable bonds is 7. The van der Waals surface area contributed by atoms with Gasteiger partial charge < -0.3 is 10.1 Å². The number of carbonyl (C=O) groups is 1. The van der Waals surface area contributed by atoms with Crippen molar-refractivity contribution in [3.8, 4) is 23.8 Å². The first-order chi connectivity index (χ1) is 12.8. The van der Waals surface area contributed by atoms with Gasteiger partial charge in [0.1, 0.15) is 25.0 Å². The normalized spacial score (nSPS) is 10.1. The number of nitrogens with zero attached hydrogens (tertiary/aromatic N) is 3. The number of terminal acetylenes is 1. The van der Waals surface area contributed by atoms with E-state index in [4.69, 9.17) is 11.2 Å². The molecular formula is C20H18N4O2. The monoisotopic (exact) mass is 346 g/mol. The Hall–Kier alpha value is -3.59. The van der Waals surface area contributed by atoms with Gasteiger partial charge in [-0.15, -0.1) is 6.42 Å². The molecule has 0 radical (unpaired) electrons. The molecule has 0 saturated carbocycles. The molecule has 0 spiro atoms. The van der Waals surface area contributed by atoms with Crippen molar-refractivity contribution >= 4 is 5.91 Å². The maximum atomic E-state index is 12.3. The van der Waals surface area contributed by atoms with E-state index in [0.717, 1.165) is 23.4 Å². The zero-order chi connectivity index (χ0) is 18.2. The van der Waals surface area contributed by atoms with E-state index in [-0.39, 0.29) is 12.5 Å². The van der Waals surface area contributed by atoms with E-state index in [2.05, 4.69) is 21.3 Å². The van der Waals surface area contributed by atoms with Crippen molar-refractivity contribution in [1.82, 2.24) is 20.1 Å².